The zero-order valence-electron chi connectivity index (χ0n) is 7.04. The Hall–Kier alpha value is -0.700. The molecule has 66 valence electrons. The average Bonchev–Trinajstić information content (AvgIpc) is 1.94. The van der Waals surface area contributed by atoms with Crippen molar-refractivity contribution in [3.63, 3.8) is 0 Å². The number of benzene rings is 1. The number of rotatable bonds is 2. The number of ether oxygens (including phenoxy) is 1. The fourth-order valence-corrected chi connectivity index (χ4v) is 1.30. The SMILES string of the molecule is CC(C)Oc1ccc(O)cc1Br. The van der Waals surface area contributed by atoms with E-state index in [4.69, 9.17) is 9.84 Å². The summed E-state index contributed by atoms with van der Waals surface area (Å²) in [5.41, 5.74) is 0. The Morgan fingerprint density at radius 2 is 2.08 bits per heavy atom. The van der Waals surface area contributed by atoms with Crippen molar-refractivity contribution < 1.29 is 9.84 Å². The zero-order chi connectivity index (χ0) is 9.14. The first-order chi connectivity index (χ1) is 5.59. The molecule has 0 fully saturated rings. The summed E-state index contributed by atoms with van der Waals surface area (Å²) in [6.45, 7) is 3.92. The largest absolute Gasteiger partial charge is 0.508 e. The van der Waals surface area contributed by atoms with E-state index in [9.17, 15) is 0 Å². The van der Waals surface area contributed by atoms with Crippen molar-refractivity contribution in [2.45, 2.75) is 20.0 Å². The topological polar surface area (TPSA) is 29.5 Å². The number of halogens is 1. The summed E-state index contributed by atoms with van der Waals surface area (Å²) in [4.78, 5) is 0. The standard InChI is InChI=1S/C9H11BrO2/c1-6(2)12-9-4-3-7(11)5-8(9)10/h3-6,11H,1-2H3. The summed E-state index contributed by atoms with van der Waals surface area (Å²) >= 11 is 3.29. The molecule has 0 radical (unpaired) electrons. The lowest BCUT2D eigenvalue weighted by atomic mass is 10.3. The van der Waals surface area contributed by atoms with Gasteiger partial charge >= 0.3 is 0 Å². The molecule has 0 spiro atoms. The highest BCUT2D eigenvalue weighted by Crippen LogP contribution is 2.29. The molecule has 1 rings (SSSR count). The Bertz CT molecular complexity index is 271. The fourth-order valence-electron chi connectivity index (χ4n) is 0.839. The van der Waals surface area contributed by atoms with Crippen LogP contribution < -0.4 is 4.74 Å². The van der Waals surface area contributed by atoms with E-state index in [0.717, 1.165) is 10.2 Å². The number of phenolic OH excluding ortho intramolecular Hbond substituents is 1. The molecule has 0 aliphatic carbocycles. The van der Waals surface area contributed by atoms with Crippen LogP contribution in [0.2, 0.25) is 0 Å². The summed E-state index contributed by atoms with van der Waals surface area (Å²) in [6.07, 6.45) is 0.144. The zero-order valence-corrected chi connectivity index (χ0v) is 8.63. The molecule has 0 heterocycles. The minimum absolute atomic E-state index is 0.144. The van der Waals surface area contributed by atoms with Gasteiger partial charge in [0.25, 0.3) is 0 Å². The Morgan fingerprint density at radius 1 is 1.42 bits per heavy atom. The van der Waals surface area contributed by atoms with Gasteiger partial charge in [0.2, 0.25) is 0 Å². The quantitative estimate of drug-likeness (QED) is 0.847. The van der Waals surface area contributed by atoms with Crippen molar-refractivity contribution in [1.82, 2.24) is 0 Å². The molecule has 0 atom stereocenters. The van der Waals surface area contributed by atoms with Crippen LogP contribution in [-0.4, -0.2) is 11.2 Å². The van der Waals surface area contributed by atoms with E-state index in [0.29, 0.717) is 0 Å². The third kappa shape index (κ3) is 2.41. The molecule has 0 saturated carbocycles. The molecular formula is C9H11BrO2. The maximum absolute atomic E-state index is 9.09. The Kier molecular flexibility index (Phi) is 2.98. The second kappa shape index (κ2) is 3.81. The van der Waals surface area contributed by atoms with Gasteiger partial charge in [-0.2, -0.15) is 0 Å². The molecule has 1 aromatic rings. The van der Waals surface area contributed by atoms with Gasteiger partial charge in [0.05, 0.1) is 10.6 Å². The molecule has 0 saturated heterocycles. The molecule has 12 heavy (non-hydrogen) atoms. The van der Waals surface area contributed by atoms with Gasteiger partial charge in [-0.15, -0.1) is 0 Å². The molecular weight excluding hydrogens is 220 g/mol. The number of hydrogen-bond donors (Lipinski definition) is 1. The van der Waals surface area contributed by atoms with Crippen molar-refractivity contribution in [1.29, 1.82) is 0 Å². The first-order valence-electron chi connectivity index (χ1n) is 3.75. The molecule has 1 N–H and O–H groups in total. The summed E-state index contributed by atoms with van der Waals surface area (Å²) < 4.78 is 6.22. The molecule has 2 nitrogen and oxygen atoms in total. The third-order valence-corrected chi connectivity index (χ3v) is 1.90. The lowest BCUT2D eigenvalue weighted by molar-refractivity contribution is 0.240. The first kappa shape index (κ1) is 9.39. The smallest absolute Gasteiger partial charge is 0.134 e. The van der Waals surface area contributed by atoms with Gasteiger partial charge in [-0.05, 0) is 48.0 Å². The van der Waals surface area contributed by atoms with Gasteiger partial charge in [0.1, 0.15) is 11.5 Å². The maximum atomic E-state index is 9.09. The van der Waals surface area contributed by atoms with Crippen LogP contribution in [0, 0.1) is 0 Å². The van der Waals surface area contributed by atoms with E-state index in [1.54, 1.807) is 18.2 Å². The molecule has 0 bridgehead atoms. The van der Waals surface area contributed by atoms with Gasteiger partial charge in [-0.1, -0.05) is 0 Å². The second-order valence-corrected chi connectivity index (χ2v) is 3.64. The van der Waals surface area contributed by atoms with Gasteiger partial charge in [-0.3, -0.25) is 0 Å². The van der Waals surface area contributed by atoms with Crippen molar-refractivity contribution in [2.24, 2.45) is 0 Å². The average molecular weight is 231 g/mol. The highest BCUT2D eigenvalue weighted by Gasteiger charge is 2.03. The monoisotopic (exact) mass is 230 g/mol. The van der Waals surface area contributed by atoms with Gasteiger partial charge in [0, 0.05) is 0 Å². The highest BCUT2D eigenvalue weighted by molar-refractivity contribution is 9.10. The van der Waals surface area contributed by atoms with E-state index < -0.39 is 0 Å². The van der Waals surface area contributed by atoms with Crippen molar-refractivity contribution in [3.8, 4) is 11.5 Å². The van der Waals surface area contributed by atoms with Crippen molar-refractivity contribution >= 4 is 15.9 Å². The van der Waals surface area contributed by atoms with E-state index in [2.05, 4.69) is 15.9 Å². The Balaban J connectivity index is 2.86. The molecule has 0 aromatic heterocycles. The predicted octanol–water partition coefficient (Wildman–Crippen LogP) is 2.94. The highest BCUT2D eigenvalue weighted by atomic mass is 79.9. The van der Waals surface area contributed by atoms with Crippen LogP contribution in [0.3, 0.4) is 0 Å². The summed E-state index contributed by atoms with van der Waals surface area (Å²) in [7, 11) is 0. The van der Waals surface area contributed by atoms with Crippen LogP contribution in [0.4, 0.5) is 0 Å². The van der Waals surface area contributed by atoms with Gasteiger partial charge < -0.3 is 9.84 Å². The molecule has 0 aliphatic heterocycles. The lowest BCUT2D eigenvalue weighted by Gasteiger charge is -2.10. The van der Waals surface area contributed by atoms with Gasteiger partial charge in [0.15, 0.2) is 0 Å². The lowest BCUT2D eigenvalue weighted by Crippen LogP contribution is -2.05. The van der Waals surface area contributed by atoms with Crippen LogP contribution in [0.1, 0.15) is 13.8 Å². The number of hydrogen-bond acceptors (Lipinski definition) is 2. The molecule has 1 aromatic carbocycles. The van der Waals surface area contributed by atoms with Crippen LogP contribution in [-0.2, 0) is 0 Å². The van der Waals surface area contributed by atoms with Crippen molar-refractivity contribution in [2.75, 3.05) is 0 Å². The normalized spacial score (nSPS) is 10.3. The van der Waals surface area contributed by atoms with Crippen LogP contribution in [0.15, 0.2) is 22.7 Å². The summed E-state index contributed by atoms with van der Waals surface area (Å²) in [6, 6.07) is 4.94. The molecule has 3 heteroatoms. The van der Waals surface area contributed by atoms with Crippen LogP contribution in [0.5, 0.6) is 11.5 Å². The number of aromatic hydroxyl groups is 1. The van der Waals surface area contributed by atoms with E-state index in [1.165, 1.54) is 0 Å². The molecule has 0 unspecified atom stereocenters. The second-order valence-electron chi connectivity index (χ2n) is 2.78. The van der Waals surface area contributed by atoms with E-state index in [-0.39, 0.29) is 11.9 Å². The Labute approximate surface area is 80.3 Å². The minimum atomic E-state index is 0.144. The fraction of sp³-hybridized carbons (Fsp3) is 0.333. The minimum Gasteiger partial charge on any atom is -0.508 e. The number of phenols is 1. The Morgan fingerprint density at radius 3 is 2.58 bits per heavy atom. The summed E-state index contributed by atoms with van der Waals surface area (Å²) in [5, 5.41) is 9.09. The van der Waals surface area contributed by atoms with Crippen molar-refractivity contribution in [3.05, 3.63) is 22.7 Å². The third-order valence-electron chi connectivity index (χ3n) is 1.28. The van der Waals surface area contributed by atoms with Crippen LogP contribution in [0.25, 0.3) is 0 Å². The van der Waals surface area contributed by atoms with E-state index >= 15 is 0 Å². The van der Waals surface area contributed by atoms with Crippen LogP contribution >= 0.6 is 15.9 Å². The maximum Gasteiger partial charge on any atom is 0.134 e. The predicted molar refractivity (Wildman–Crippen MR) is 51.6 cm³/mol. The molecule has 0 aliphatic rings. The summed E-state index contributed by atoms with van der Waals surface area (Å²) in [5.74, 6) is 0.987. The van der Waals surface area contributed by atoms with E-state index in [1.807, 2.05) is 13.8 Å². The molecule has 0 amide bonds. The van der Waals surface area contributed by atoms with Gasteiger partial charge in [-0.25, -0.2) is 0 Å². The first-order valence-corrected chi connectivity index (χ1v) is 4.54.